The zero-order chi connectivity index (χ0) is 31.6. The van der Waals surface area contributed by atoms with Crippen LogP contribution in [-0.4, -0.2) is 52.0 Å². The lowest BCUT2D eigenvalue weighted by Gasteiger charge is -2.30. The van der Waals surface area contributed by atoms with Crippen LogP contribution in [0.2, 0.25) is 10.0 Å². The summed E-state index contributed by atoms with van der Waals surface area (Å²) in [6, 6.07) is 4.22. The molecule has 2 heterocycles. The second-order valence-electron chi connectivity index (χ2n) is 11.2. The van der Waals surface area contributed by atoms with Crippen LogP contribution in [0.5, 0.6) is 5.88 Å². The van der Waals surface area contributed by atoms with Crippen molar-refractivity contribution in [1.29, 1.82) is 0 Å². The SMILES string of the molecule is O=C(NC1CCC(C(F)(F)F)CC1)c1cc2[nH]c(Cc3c(Cl)ccc(CNC(=O)C4CCC4)c3Cl)nc2nc1OCC(F)F. The molecule has 0 atom stereocenters. The number of carbonyl (C=O) groups excluding carboxylic acids is 2. The molecule has 2 aromatic heterocycles. The summed E-state index contributed by atoms with van der Waals surface area (Å²) in [5, 5.41) is 6.30. The minimum Gasteiger partial charge on any atom is -0.471 e. The van der Waals surface area contributed by atoms with Crippen LogP contribution in [0.4, 0.5) is 22.0 Å². The first kappa shape index (κ1) is 32.2. The highest BCUT2D eigenvalue weighted by Gasteiger charge is 2.41. The molecule has 0 bridgehead atoms. The first-order valence-electron chi connectivity index (χ1n) is 14.3. The Morgan fingerprint density at radius 1 is 1.07 bits per heavy atom. The number of H-pyrrole nitrogens is 1. The predicted molar refractivity (Wildman–Crippen MR) is 153 cm³/mol. The minimum absolute atomic E-state index is 0.0223. The van der Waals surface area contributed by atoms with Crippen molar-refractivity contribution in [2.45, 2.75) is 76.6 Å². The van der Waals surface area contributed by atoms with Gasteiger partial charge in [0.1, 0.15) is 11.4 Å². The highest BCUT2D eigenvalue weighted by molar-refractivity contribution is 6.36. The van der Waals surface area contributed by atoms with Crippen LogP contribution in [0.3, 0.4) is 0 Å². The molecule has 2 amide bonds. The van der Waals surface area contributed by atoms with Crippen molar-refractivity contribution in [2.75, 3.05) is 6.61 Å². The summed E-state index contributed by atoms with van der Waals surface area (Å²) in [6.45, 7) is -0.802. The van der Waals surface area contributed by atoms with Crippen molar-refractivity contribution in [2.24, 2.45) is 11.8 Å². The third-order valence-corrected chi connectivity index (χ3v) is 8.97. The van der Waals surface area contributed by atoms with E-state index in [0.29, 0.717) is 32.5 Å². The molecule has 1 aromatic carbocycles. The molecule has 3 aromatic rings. The smallest absolute Gasteiger partial charge is 0.391 e. The first-order chi connectivity index (χ1) is 20.9. The largest absolute Gasteiger partial charge is 0.471 e. The van der Waals surface area contributed by atoms with Crippen LogP contribution in [0.1, 0.15) is 72.3 Å². The number of ether oxygens (including phenoxy) is 1. The maximum Gasteiger partial charge on any atom is 0.391 e. The van der Waals surface area contributed by atoms with Gasteiger partial charge in [0.2, 0.25) is 11.8 Å². The van der Waals surface area contributed by atoms with Crippen LogP contribution in [0.25, 0.3) is 11.2 Å². The Bertz CT molecular complexity index is 1520. The van der Waals surface area contributed by atoms with E-state index in [1.54, 1.807) is 12.1 Å². The van der Waals surface area contributed by atoms with Gasteiger partial charge in [0.25, 0.3) is 12.3 Å². The summed E-state index contributed by atoms with van der Waals surface area (Å²) in [5.74, 6) is -2.15. The van der Waals surface area contributed by atoms with Crippen molar-refractivity contribution in [3.8, 4) is 5.88 Å². The summed E-state index contributed by atoms with van der Waals surface area (Å²) in [7, 11) is 0. The van der Waals surface area contributed by atoms with Gasteiger partial charge in [-0.1, -0.05) is 35.7 Å². The highest BCUT2D eigenvalue weighted by atomic mass is 35.5. The zero-order valence-corrected chi connectivity index (χ0v) is 24.9. The predicted octanol–water partition coefficient (Wildman–Crippen LogP) is 6.77. The number of alkyl halides is 5. The molecule has 2 aliphatic carbocycles. The fourth-order valence-electron chi connectivity index (χ4n) is 5.41. The Morgan fingerprint density at radius 2 is 1.80 bits per heavy atom. The normalized spacial score (nSPS) is 19.2. The van der Waals surface area contributed by atoms with Gasteiger partial charge in [0.15, 0.2) is 12.3 Å². The van der Waals surface area contributed by atoms with E-state index < -0.39 is 37.1 Å². The van der Waals surface area contributed by atoms with E-state index in [9.17, 15) is 31.5 Å². The molecule has 44 heavy (non-hydrogen) atoms. The zero-order valence-electron chi connectivity index (χ0n) is 23.4. The fraction of sp³-hybridized carbons (Fsp3) is 0.517. The summed E-state index contributed by atoms with van der Waals surface area (Å²) in [4.78, 5) is 37.1. The third-order valence-electron chi connectivity index (χ3n) is 8.14. The number of rotatable bonds is 10. The number of pyridine rings is 1. The molecule has 0 spiro atoms. The van der Waals surface area contributed by atoms with Gasteiger partial charge in [-0.05, 0) is 61.8 Å². The Labute approximate surface area is 259 Å². The number of carbonyl (C=O) groups is 2. The third kappa shape index (κ3) is 7.53. The number of amides is 2. The van der Waals surface area contributed by atoms with Crippen LogP contribution >= 0.6 is 23.2 Å². The molecule has 3 N–H and O–H groups in total. The lowest BCUT2D eigenvalue weighted by molar-refractivity contribution is -0.182. The molecular formula is C29H30Cl2F5N5O3. The van der Waals surface area contributed by atoms with Gasteiger partial charge in [0, 0.05) is 29.9 Å². The van der Waals surface area contributed by atoms with Crippen molar-refractivity contribution in [3.63, 3.8) is 0 Å². The van der Waals surface area contributed by atoms with E-state index in [-0.39, 0.29) is 67.6 Å². The van der Waals surface area contributed by atoms with E-state index in [4.69, 9.17) is 27.9 Å². The second kappa shape index (κ2) is 13.4. The summed E-state index contributed by atoms with van der Waals surface area (Å²) in [6.07, 6.45) is -4.24. The number of aromatic nitrogens is 3. The molecule has 2 fully saturated rings. The monoisotopic (exact) mass is 661 g/mol. The van der Waals surface area contributed by atoms with Crippen molar-refractivity contribution in [1.82, 2.24) is 25.6 Å². The summed E-state index contributed by atoms with van der Waals surface area (Å²) >= 11 is 13.1. The van der Waals surface area contributed by atoms with Gasteiger partial charge in [-0.3, -0.25) is 9.59 Å². The van der Waals surface area contributed by atoms with Crippen molar-refractivity contribution >= 4 is 46.2 Å². The fourth-order valence-corrected chi connectivity index (χ4v) is 5.98. The number of nitrogens with one attached hydrogen (secondary N) is 3. The van der Waals surface area contributed by atoms with E-state index >= 15 is 0 Å². The topological polar surface area (TPSA) is 109 Å². The van der Waals surface area contributed by atoms with Crippen LogP contribution < -0.4 is 15.4 Å². The number of hydrogen-bond acceptors (Lipinski definition) is 5. The first-order valence-corrected chi connectivity index (χ1v) is 15.1. The molecule has 5 rings (SSSR count). The number of hydrogen-bond donors (Lipinski definition) is 3. The molecule has 0 saturated heterocycles. The van der Waals surface area contributed by atoms with Gasteiger partial charge in [-0.2, -0.15) is 18.2 Å². The number of imidazole rings is 1. The molecule has 0 aliphatic heterocycles. The summed E-state index contributed by atoms with van der Waals surface area (Å²) < 4.78 is 70.2. The minimum atomic E-state index is -4.29. The van der Waals surface area contributed by atoms with Gasteiger partial charge >= 0.3 is 6.18 Å². The number of fused-ring (bicyclic) bond motifs is 1. The van der Waals surface area contributed by atoms with Gasteiger partial charge in [-0.25, -0.2) is 13.8 Å². The number of benzene rings is 1. The number of aromatic amines is 1. The van der Waals surface area contributed by atoms with Gasteiger partial charge < -0.3 is 20.4 Å². The highest BCUT2D eigenvalue weighted by Crippen LogP contribution is 2.38. The standard InChI is InChI=1S/C29H30Cl2F5N5O3/c30-20-9-4-15(12-37-26(42)14-2-1-3-14)24(31)18(20)11-23-39-21-10-19(28(41-25(21)40-23)44-13-22(32)33)27(43)38-17-7-5-16(6-8-17)29(34,35)36/h4,9-10,14,16-17,22H,1-3,5-8,11-13H2,(H,37,42)(H,38,43)(H,39,40,41). The van der Waals surface area contributed by atoms with E-state index in [0.717, 1.165) is 19.3 Å². The quantitative estimate of drug-likeness (QED) is 0.208. The maximum atomic E-state index is 13.2. The van der Waals surface area contributed by atoms with E-state index in [1.165, 1.54) is 6.07 Å². The number of halogens is 7. The van der Waals surface area contributed by atoms with E-state index in [1.807, 2.05) is 0 Å². The number of nitrogens with zero attached hydrogens (tertiary/aromatic N) is 2. The lowest BCUT2D eigenvalue weighted by Crippen LogP contribution is -2.40. The molecular weight excluding hydrogens is 632 g/mol. The van der Waals surface area contributed by atoms with E-state index in [2.05, 4.69) is 25.6 Å². The molecule has 8 nitrogen and oxygen atoms in total. The molecule has 2 saturated carbocycles. The molecule has 0 unspecified atom stereocenters. The Kier molecular flexibility index (Phi) is 9.83. The lowest BCUT2D eigenvalue weighted by atomic mass is 9.85. The van der Waals surface area contributed by atoms with Crippen LogP contribution in [0.15, 0.2) is 18.2 Å². The average Bonchev–Trinajstić information content (AvgIpc) is 3.33. The Hall–Kier alpha value is -3.19. The molecule has 0 radical (unpaired) electrons. The summed E-state index contributed by atoms with van der Waals surface area (Å²) in [5.41, 5.74) is 1.42. The van der Waals surface area contributed by atoms with Gasteiger partial charge in [0.05, 0.1) is 16.5 Å². The van der Waals surface area contributed by atoms with Gasteiger partial charge in [-0.15, -0.1) is 0 Å². The maximum absolute atomic E-state index is 13.2. The molecule has 2 aliphatic rings. The van der Waals surface area contributed by atoms with Crippen molar-refractivity contribution < 1.29 is 36.3 Å². The molecule has 15 heteroatoms. The average molecular weight is 662 g/mol. The van der Waals surface area contributed by atoms with Crippen LogP contribution in [0, 0.1) is 11.8 Å². The second-order valence-corrected chi connectivity index (χ2v) is 12.0. The Morgan fingerprint density at radius 3 is 2.43 bits per heavy atom. The van der Waals surface area contributed by atoms with Crippen molar-refractivity contribution in [3.05, 3.63) is 50.8 Å². The van der Waals surface area contributed by atoms with Crippen LogP contribution in [-0.2, 0) is 17.8 Å². The Balaban J connectivity index is 1.34. The molecule has 238 valence electrons.